The summed E-state index contributed by atoms with van der Waals surface area (Å²) in [6.45, 7) is 9.57. The first kappa shape index (κ1) is 18.8. The molecule has 0 aliphatic carbocycles. The molecule has 1 amide bonds. The van der Waals surface area contributed by atoms with Crippen LogP contribution in [0.5, 0.6) is 0 Å². The first-order valence-corrected chi connectivity index (χ1v) is 10.3. The lowest BCUT2D eigenvalue weighted by Gasteiger charge is -2.42. The van der Waals surface area contributed by atoms with E-state index in [9.17, 15) is 4.79 Å². The van der Waals surface area contributed by atoms with Gasteiger partial charge in [-0.15, -0.1) is 10.2 Å². The lowest BCUT2D eigenvalue weighted by molar-refractivity contribution is -0.142. The fourth-order valence-corrected chi connectivity index (χ4v) is 4.62. The number of carbonyl (C=O) groups is 1. The van der Waals surface area contributed by atoms with Crippen LogP contribution in [-0.4, -0.2) is 89.3 Å². The molecule has 4 rings (SSSR count). The van der Waals surface area contributed by atoms with Gasteiger partial charge in [0.1, 0.15) is 0 Å². The monoisotopic (exact) mass is 377 g/mol. The van der Waals surface area contributed by atoms with Crippen LogP contribution in [0.1, 0.15) is 37.5 Å². The first-order chi connectivity index (χ1) is 13.2. The van der Waals surface area contributed by atoms with E-state index in [0.29, 0.717) is 36.9 Å². The summed E-state index contributed by atoms with van der Waals surface area (Å²) in [6, 6.07) is 0.589. The molecule has 4 heterocycles. The topological polar surface area (TPSA) is 74.9 Å². The summed E-state index contributed by atoms with van der Waals surface area (Å²) in [5, 5.41) is 8.01. The summed E-state index contributed by atoms with van der Waals surface area (Å²) in [6.07, 6.45) is 4.45. The average Bonchev–Trinajstić information content (AvgIpc) is 3.13. The molecule has 8 heteroatoms. The van der Waals surface area contributed by atoms with E-state index in [1.807, 2.05) is 11.8 Å². The van der Waals surface area contributed by atoms with Crippen molar-refractivity contribution in [2.75, 3.05) is 52.5 Å². The lowest BCUT2D eigenvalue weighted by Crippen LogP contribution is -2.52. The summed E-state index contributed by atoms with van der Waals surface area (Å²) < 4.78 is 10.9. The normalized spacial score (nSPS) is 26.4. The number of aromatic nitrogens is 2. The van der Waals surface area contributed by atoms with E-state index in [1.165, 1.54) is 0 Å². The van der Waals surface area contributed by atoms with Gasteiger partial charge in [-0.3, -0.25) is 14.6 Å². The SMILES string of the molecule is Cc1nnc(CN2CCC(N3CCCC(C(=O)N4CCOCC4)C3)CC2)o1. The summed E-state index contributed by atoms with van der Waals surface area (Å²) in [5.41, 5.74) is 0. The van der Waals surface area contributed by atoms with Gasteiger partial charge in [-0.2, -0.15) is 0 Å². The van der Waals surface area contributed by atoms with Gasteiger partial charge in [0.2, 0.25) is 17.7 Å². The van der Waals surface area contributed by atoms with Crippen LogP contribution in [0.15, 0.2) is 4.42 Å². The number of ether oxygens (including phenoxy) is 1. The predicted octanol–water partition coefficient (Wildman–Crippen LogP) is 0.913. The van der Waals surface area contributed by atoms with Gasteiger partial charge in [0.25, 0.3) is 0 Å². The van der Waals surface area contributed by atoms with Gasteiger partial charge < -0.3 is 14.1 Å². The Morgan fingerprint density at radius 3 is 2.56 bits per heavy atom. The van der Waals surface area contributed by atoms with Crippen LogP contribution in [-0.2, 0) is 16.1 Å². The Labute approximate surface area is 160 Å². The van der Waals surface area contributed by atoms with E-state index < -0.39 is 0 Å². The van der Waals surface area contributed by atoms with Gasteiger partial charge in [-0.1, -0.05) is 0 Å². The molecule has 0 N–H and O–H groups in total. The van der Waals surface area contributed by atoms with Crippen molar-refractivity contribution in [1.82, 2.24) is 24.9 Å². The number of hydrogen-bond donors (Lipinski definition) is 0. The Morgan fingerprint density at radius 2 is 1.85 bits per heavy atom. The largest absolute Gasteiger partial charge is 0.424 e. The third kappa shape index (κ3) is 4.67. The van der Waals surface area contributed by atoms with Crippen LogP contribution >= 0.6 is 0 Å². The van der Waals surface area contributed by atoms with Gasteiger partial charge in [0.15, 0.2) is 0 Å². The molecule has 3 aliphatic rings. The van der Waals surface area contributed by atoms with Crippen molar-refractivity contribution in [2.24, 2.45) is 5.92 Å². The summed E-state index contributed by atoms with van der Waals surface area (Å²) in [5.74, 6) is 1.84. The van der Waals surface area contributed by atoms with Crippen molar-refractivity contribution >= 4 is 5.91 Å². The molecule has 27 heavy (non-hydrogen) atoms. The minimum Gasteiger partial charge on any atom is -0.424 e. The van der Waals surface area contributed by atoms with Crippen LogP contribution in [0.3, 0.4) is 0 Å². The minimum atomic E-state index is 0.163. The molecular formula is C19H31N5O3. The van der Waals surface area contributed by atoms with E-state index in [1.54, 1.807) is 0 Å². The van der Waals surface area contributed by atoms with Gasteiger partial charge in [-0.05, 0) is 32.2 Å². The van der Waals surface area contributed by atoms with Gasteiger partial charge in [0.05, 0.1) is 25.7 Å². The molecule has 3 saturated heterocycles. The van der Waals surface area contributed by atoms with Crippen LogP contribution < -0.4 is 0 Å². The highest BCUT2D eigenvalue weighted by molar-refractivity contribution is 5.79. The third-order valence-electron chi connectivity index (χ3n) is 6.13. The second-order valence-corrected chi connectivity index (χ2v) is 7.99. The van der Waals surface area contributed by atoms with E-state index in [0.717, 1.165) is 71.5 Å². The number of aryl methyl sites for hydroxylation is 1. The number of hydrogen-bond acceptors (Lipinski definition) is 7. The molecule has 1 aromatic heterocycles. The Hall–Kier alpha value is -1.51. The Morgan fingerprint density at radius 1 is 1.07 bits per heavy atom. The molecule has 0 spiro atoms. The zero-order valence-electron chi connectivity index (χ0n) is 16.3. The molecular weight excluding hydrogens is 346 g/mol. The molecule has 150 valence electrons. The molecule has 0 saturated carbocycles. The number of rotatable bonds is 4. The molecule has 1 atom stereocenters. The molecule has 1 unspecified atom stereocenters. The highest BCUT2D eigenvalue weighted by Crippen LogP contribution is 2.26. The first-order valence-electron chi connectivity index (χ1n) is 10.3. The number of piperidine rings is 2. The standard InChI is InChI=1S/C19H31N5O3/c1-15-20-21-18(27-15)14-22-7-4-17(5-8-22)24-6-2-3-16(13-24)19(25)23-9-11-26-12-10-23/h16-17H,2-14H2,1H3. The second-order valence-electron chi connectivity index (χ2n) is 7.99. The van der Waals surface area contributed by atoms with Crippen molar-refractivity contribution in [1.29, 1.82) is 0 Å². The number of morpholine rings is 1. The third-order valence-corrected chi connectivity index (χ3v) is 6.13. The smallest absolute Gasteiger partial charge is 0.230 e. The minimum absolute atomic E-state index is 0.163. The zero-order chi connectivity index (χ0) is 18.6. The average molecular weight is 377 g/mol. The van der Waals surface area contributed by atoms with Crippen LogP contribution in [0.2, 0.25) is 0 Å². The molecule has 8 nitrogen and oxygen atoms in total. The molecule has 3 aliphatic heterocycles. The van der Waals surface area contributed by atoms with Crippen molar-refractivity contribution < 1.29 is 13.9 Å². The molecule has 3 fully saturated rings. The molecule has 0 aromatic carbocycles. The van der Waals surface area contributed by atoms with Crippen molar-refractivity contribution in [3.05, 3.63) is 11.8 Å². The Bertz CT molecular complexity index is 623. The fourth-order valence-electron chi connectivity index (χ4n) is 4.62. The molecule has 0 radical (unpaired) electrons. The maximum atomic E-state index is 12.9. The maximum absolute atomic E-state index is 12.9. The van der Waals surface area contributed by atoms with Crippen molar-refractivity contribution in [3.63, 3.8) is 0 Å². The van der Waals surface area contributed by atoms with Gasteiger partial charge in [0, 0.05) is 45.7 Å². The highest BCUT2D eigenvalue weighted by Gasteiger charge is 2.34. The van der Waals surface area contributed by atoms with Gasteiger partial charge in [-0.25, -0.2) is 0 Å². The number of nitrogens with zero attached hydrogens (tertiary/aromatic N) is 5. The van der Waals surface area contributed by atoms with Crippen LogP contribution in [0, 0.1) is 12.8 Å². The van der Waals surface area contributed by atoms with Crippen molar-refractivity contribution in [3.8, 4) is 0 Å². The summed E-state index contributed by atoms with van der Waals surface area (Å²) in [4.78, 5) is 19.8. The van der Waals surface area contributed by atoms with Crippen LogP contribution in [0.25, 0.3) is 0 Å². The van der Waals surface area contributed by atoms with Crippen molar-refractivity contribution in [2.45, 2.75) is 45.2 Å². The Kier molecular flexibility index (Phi) is 6.04. The fraction of sp³-hybridized carbons (Fsp3) is 0.842. The zero-order valence-corrected chi connectivity index (χ0v) is 16.3. The van der Waals surface area contributed by atoms with Crippen LogP contribution in [0.4, 0.5) is 0 Å². The van der Waals surface area contributed by atoms with E-state index >= 15 is 0 Å². The number of carbonyl (C=O) groups excluding carboxylic acids is 1. The maximum Gasteiger partial charge on any atom is 0.230 e. The van der Waals surface area contributed by atoms with E-state index in [2.05, 4.69) is 20.0 Å². The second kappa shape index (κ2) is 8.67. The quantitative estimate of drug-likeness (QED) is 0.772. The molecule has 1 aromatic rings. The van der Waals surface area contributed by atoms with E-state index in [-0.39, 0.29) is 5.92 Å². The number of amides is 1. The summed E-state index contributed by atoms with van der Waals surface area (Å²) in [7, 11) is 0. The summed E-state index contributed by atoms with van der Waals surface area (Å²) >= 11 is 0. The Balaban J connectivity index is 1.26. The molecule has 0 bridgehead atoms. The van der Waals surface area contributed by atoms with Gasteiger partial charge >= 0.3 is 0 Å². The predicted molar refractivity (Wildman–Crippen MR) is 99.0 cm³/mol. The number of likely N-dealkylation sites (tertiary alicyclic amines) is 2. The lowest BCUT2D eigenvalue weighted by atomic mass is 9.92. The highest BCUT2D eigenvalue weighted by atomic mass is 16.5. The van der Waals surface area contributed by atoms with E-state index in [4.69, 9.17) is 9.15 Å².